The van der Waals surface area contributed by atoms with Crippen LogP contribution in [0.5, 0.6) is 0 Å². The van der Waals surface area contributed by atoms with E-state index in [0.29, 0.717) is 16.9 Å². The lowest BCUT2D eigenvalue weighted by atomic mass is 10.0. The van der Waals surface area contributed by atoms with Crippen LogP contribution in [0.25, 0.3) is 11.0 Å². The second-order valence-electron chi connectivity index (χ2n) is 7.62. The van der Waals surface area contributed by atoms with Crippen molar-refractivity contribution in [2.45, 2.75) is 33.4 Å². The van der Waals surface area contributed by atoms with Gasteiger partial charge in [-0.05, 0) is 62.1 Å². The van der Waals surface area contributed by atoms with Gasteiger partial charge in [0, 0.05) is 23.0 Å². The van der Waals surface area contributed by atoms with Gasteiger partial charge in [-0.15, -0.1) is 0 Å². The molecular weight excluding hydrogens is 441 g/mol. The zero-order valence-electron chi connectivity index (χ0n) is 19.0. The second-order valence-corrected chi connectivity index (χ2v) is 7.62. The summed E-state index contributed by atoms with van der Waals surface area (Å²) in [5, 5.41) is 10.2. The van der Waals surface area contributed by atoms with Gasteiger partial charge in [-0.1, -0.05) is 37.1 Å². The summed E-state index contributed by atoms with van der Waals surface area (Å²) < 4.78 is 40.1. The molecule has 0 saturated heterocycles. The number of aromatic amines is 1. The van der Waals surface area contributed by atoms with Gasteiger partial charge in [-0.2, -0.15) is 18.3 Å². The summed E-state index contributed by atoms with van der Waals surface area (Å²) in [5.41, 5.74) is 2.12. The van der Waals surface area contributed by atoms with Crippen molar-refractivity contribution in [2.75, 3.05) is 5.32 Å². The number of benzene rings is 1. The SMILES string of the molecule is C=C/C(=C\C(C#Cc1[nH]nc2ncccc12)=C(C)C)C(=O)Nc1ccc(CC)c(C(F)(F)F)c1. The first-order valence-corrected chi connectivity index (χ1v) is 10.5. The van der Waals surface area contributed by atoms with Gasteiger partial charge in [0.05, 0.1) is 10.9 Å². The number of fused-ring (bicyclic) bond motifs is 1. The third kappa shape index (κ3) is 5.62. The maximum Gasteiger partial charge on any atom is 0.416 e. The lowest BCUT2D eigenvalue weighted by molar-refractivity contribution is -0.138. The van der Waals surface area contributed by atoms with Crippen molar-refractivity contribution >= 4 is 22.6 Å². The van der Waals surface area contributed by atoms with E-state index in [1.165, 1.54) is 18.2 Å². The lowest BCUT2D eigenvalue weighted by Gasteiger charge is -2.14. The van der Waals surface area contributed by atoms with Crippen LogP contribution in [0.2, 0.25) is 0 Å². The molecule has 174 valence electrons. The zero-order chi connectivity index (χ0) is 24.9. The summed E-state index contributed by atoms with van der Waals surface area (Å²) in [5.74, 6) is 5.43. The fourth-order valence-corrected chi connectivity index (χ4v) is 3.18. The van der Waals surface area contributed by atoms with Gasteiger partial charge in [0.2, 0.25) is 0 Å². The fourth-order valence-electron chi connectivity index (χ4n) is 3.18. The number of nitrogens with one attached hydrogen (secondary N) is 2. The van der Waals surface area contributed by atoms with Gasteiger partial charge >= 0.3 is 6.18 Å². The number of hydrogen-bond acceptors (Lipinski definition) is 3. The predicted molar refractivity (Wildman–Crippen MR) is 127 cm³/mol. The molecule has 8 heteroatoms. The maximum atomic E-state index is 13.4. The van der Waals surface area contributed by atoms with Crippen LogP contribution in [-0.2, 0) is 17.4 Å². The monoisotopic (exact) mass is 464 g/mol. The number of aryl methyl sites for hydroxylation is 1. The molecule has 1 amide bonds. The summed E-state index contributed by atoms with van der Waals surface area (Å²) in [4.78, 5) is 16.9. The smallest absolute Gasteiger partial charge is 0.322 e. The Labute approximate surface area is 195 Å². The van der Waals surface area contributed by atoms with E-state index in [1.807, 2.05) is 19.9 Å². The first kappa shape index (κ1) is 24.5. The highest BCUT2D eigenvalue weighted by Gasteiger charge is 2.33. The number of rotatable bonds is 5. The van der Waals surface area contributed by atoms with Crippen LogP contribution >= 0.6 is 0 Å². The van der Waals surface area contributed by atoms with Crippen molar-refractivity contribution in [3.05, 3.63) is 88.8 Å². The average Bonchev–Trinajstić information content (AvgIpc) is 3.21. The Kier molecular flexibility index (Phi) is 7.37. The Morgan fingerprint density at radius 1 is 1.26 bits per heavy atom. The van der Waals surface area contributed by atoms with Crippen molar-refractivity contribution in [2.24, 2.45) is 0 Å². The number of halogens is 3. The molecule has 0 unspecified atom stereocenters. The van der Waals surface area contributed by atoms with Gasteiger partial charge in [0.1, 0.15) is 5.69 Å². The molecule has 0 atom stereocenters. The van der Waals surface area contributed by atoms with Gasteiger partial charge in [0.25, 0.3) is 5.91 Å². The van der Waals surface area contributed by atoms with Crippen LogP contribution in [-0.4, -0.2) is 21.1 Å². The predicted octanol–water partition coefficient (Wildman–Crippen LogP) is 5.98. The molecule has 0 aliphatic carbocycles. The number of carbonyl (C=O) groups is 1. The average molecular weight is 464 g/mol. The topological polar surface area (TPSA) is 70.7 Å². The summed E-state index contributed by atoms with van der Waals surface area (Å²) in [6.45, 7) is 8.99. The normalized spacial score (nSPS) is 11.5. The minimum absolute atomic E-state index is 0.0449. The summed E-state index contributed by atoms with van der Waals surface area (Å²) >= 11 is 0. The minimum atomic E-state index is -4.51. The molecule has 2 N–H and O–H groups in total. The molecule has 0 bridgehead atoms. The van der Waals surface area contributed by atoms with Crippen LogP contribution in [0.4, 0.5) is 18.9 Å². The van der Waals surface area contributed by atoms with Crippen LogP contribution in [0, 0.1) is 11.8 Å². The molecule has 2 heterocycles. The van der Waals surface area contributed by atoms with E-state index in [9.17, 15) is 18.0 Å². The molecule has 0 spiro atoms. The number of amides is 1. The third-order valence-corrected chi connectivity index (χ3v) is 5.03. The number of pyridine rings is 1. The standard InChI is InChI=1S/C26H23F3N4O/c1-5-17-9-11-20(15-22(17)26(27,28)29)31-25(34)18(6-2)14-19(16(3)4)10-12-23-21-8-7-13-30-24(21)33-32-23/h6-9,11,13-15H,2,5H2,1,3-4H3,(H,31,34)(H,30,32,33)/b18-14+. The Balaban J connectivity index is 1.89. The van der Waals surface area contributed by atoms with E-state index in [4.69, 9.17) is 0 Å². The largest absolute Gasteiger partial charge is 0.416 e. The molecule has 2 aromatic heterocycles. The molecule has 3 aromatic rings. The maximum absolute atomic E-state index is 13.4. The van der Waals surface area contributed by atoms with Gasteiger partial charge < -0.3 is 5.32 Å². The molecule has 0 radical (unpaired) electrons. The summed E-state index contributed by atoms with van der Waals surface area (Å²) in [7, 11) is 0. The van der Waals surface area contributed by atoms with E-state index in [0.717, 1.165) is 17.0 Å². The number of aromatic nitrogens is 3. The second kappa shape index (κ2) is 10.2. The number of carbonyl (C=O) groups excluding carboxylic acids is 1. The Morgan fingerprint density at radius 2 is 2.03 bits per heavy atom. The highest BCUT2D eigenvalue weighted by atomic mass is 19.4. The molecule has 0 fully saturated rings. The first-order chi connectivity index (χ1) is 16.1. The zero-order valence-corrected chi connectivity index (χ0v) is 19.0. The first-order valence-electron chi connectivity index (χ1n) is 10.5. The van der Waals surface area contributed by atoms with Crippen molar-refractivity contribution < 1.29 is 18.0 Å². The summed E-state index contributed by atoms with van der Waals surface area (Å²) in [6, 6.07) is 7.38. The highest BCUT2D eigenvalue weighted by molar-refractivity contribution is 6.06. The molecular formula is C26H23F3N4O. The number of H-pyrrole nitrogens is 1. The highest BCUT2D eigenvalue weighted by Crippen LogP contribution is 2.34. The van der Waals surface area contributed by atoms with Crippen molar-refractivity contribution in [1.29, 1.82) is 0 Å². The third-order valence-electron chi connectivity index (χ3n) is 5.03. The Morgan fingerprint density at radius 3 is 2.68 bits per heavy atom. The van der Waals surface area contributed by atoms with Crippen molar-refractivity contribution in [3.8, 4) is 11.8 Å². The quantitative estimate of drug-likeness (QED) is 0.277. The van der Waals surface area contributed by atoms with Gasteiger partial charge in [-0.25, -0.2) is 4.98 Å². The van der Waals surface area contributed by atoms with E-state index in [1.54, 1.807) is 25.3 Å². The van der Waals surface area contributed by atoms with Gasteiger partial charge in [-0.3, -0.25) is 9.89 Å². The molecule has 1 aromatic carbocycles. The van der Waals surface area contributed by atoms with Crippen LogP contribution < -0.4 is 5.32 Å². The Bertz CT molecular complexity index is 1360. The van der Waals surface area contributed by atoms with E-state index in [-0.39, 0.29) is 23.2 Å². The fraction of sp³-hybridized carbons (Fsp3) is 0.192. The summed E-state index contributed by atoms with van der Waals surface area (Å²) in [6.07, 6.45) is 0.228. The number of hydrogen-bond donors (Lipinski definition) is 2. The number of alkyl halides is 3. The molecule has 0 aliphatic heterocycles. The lowest BCUT2D eigenvalue weighted by Crippen LogP contribution is -2.15. The molecule has 0 saturated carbocycles. The minimum Gasteiger partial charge on any atom is -0.322 e. The van der Waals surface area contributed by atoms with E-state index in [2.05, 4.69) is 38.9 Å². The number of nitrogens with zero attached hydrogens (tertiary/aromatic N) is 2. The van der Waals surface area contributed by atoms with Crippen LogP contribution in [0.15, 0.2) is 72.0 Å². The molecule has 3 rings (SSSR count). The van der Waals surface area contributed by atoms with Crippen molar-refractivity contribution in [3.63, 3.8) is 0 Å². The van der Waals surface area contributed by atoms with E-state index < -0.39 is 17.6 Å². The molecule has 0 aliphatic rings. The van der Waals surface area contributed by atoms with Crippen LogP contribution in [0.3, 0.4) is 0 Å². The molecule has 34 heavy (non-hydrogen) atoms. The van der Waals surface area contributed by atoms with Crippen molar-refractivity contribution in [1.82, 2.24) is 15.2 Å². The number of allylic oxidation sites excluding steroid dienone is 3. The van der Waals surface area contributed by atoms with Gasteiger partial charge in [0.15, 0.2) is 5.65 Å². The number of anilines is 1. The van der Waals surface area contributed by atoms with E-state index >= 15 is 0 Å². The van der Waals surface area contributed by atoms with Crippen LogP contribution in [0.1, 0.15) is 37.6 Å². The molecule has 5 nitrogen and oxygen atoms in total. The Hall–Kier alpha value is -4.12.